The smallest absolute Gasteiger partial charge is 0.340 e. The van der Waals surface area contributed by atoms with Crippen molar-refractivity contribution in [2.24, 2.45) is 0 Å². The molecule has 0 saturated carbocycles. The van der Waals surface area contributed by atoms with E-state index in [0.717, 1.165) is 13.9 Å². The zero-order valence-corrected chi connectivity index (χ0v) is 10.9. The number of ether oxygens (including phenoxy) is 1. The van der Waals surface area contributed by atoms with Gasteiger partial charge in [0, 0.05) is 15.1 Å². The van der Waals surface area contributed by atoms with E-state index in [9.17, 15) is 4.79 Å². The van der Waals surface area contributed by atoms with Gasteiger partial charge in [-0.1, -0.05) is 11.6 Å². The summed E-state index contributed by atoms with van der Waals surface area (Å²) in [6.07, 6.45) is 0. The first kappa shape index (κ1) is 10.9. The number of hydrogen-bond acceptors (Lipinski definition) is 3. The Labute approximate surface area is 104 Å². The van der Waals surface area contributed by atoms with Gasteiger partial charge in [0.2, 0.25) is 0 Å². The molecule has 0 aliphatic carbocycles. The summed E-state index contributed by atoms with van der Waals surface area (Å²) in [5, 5.41) is 1.43. The van der Waals surface area contributed by atoms with Crippen molar-refractivity contribution in [2.75, 3.05) is 7.11 Å². The predicted molar refractivity (Wildman–Crippen MR) is 65.9 cm³/mol. The average molecular weight is 306 g/mol. The van der Waals surface area contributed by atoms with Crippen LogP contribution in [-0.4, -0.2) is 13.1 Å². The summed E-state index contributed by atoms with van der Waals surface area (Å²) in [6, 6.07) is 5.46. The molecular formula is C10H6BrClO2S. The minimum absolute atomic E-state index is 0.351. The first-order valence-electron chi connectivity index (χ1n) is 4.09. The Kier molecular flexibility index (Phi) is 3.00. The van der Waals surface area contributed by atoms with Crippen LogP contribution in [0.2, 0.25) is 5.02 Å². The third kappa shape index (κ3) is 1.89. The number of methoxy groups -OCH3 is 1. The van der Waals surface area contributed by atoms with Crippen LogP contribution in [0, 0.1) is 0 Å². The highest BCUT2D eigenvalue weighted by Gasteiger charge is 2.17. The highest BCUT2D eigenvalue weighted by molar-refractivity contribution is 9.11. The molecule has 78 valence electrons. The van der Waals surface area contributed by atoms with E-state index in [1.165, 1.54) is 18.4 Å². The van der Waals surface area contributed by atoms with Crippen LogP contribution in [0.3, 0.4) is 0 Å². The first-order chi connectivity index (χ1) is 7.13. The number of halogens is 2. The minimum Gasteiger partial charge on any atom is -0.465 e. The molecule has 0 spiro atoms. The normalized spacial score (nSPS) is 10.6. The van der Waals surface area contributed by atoms with Gasteiger partial charge in [0.05, 0.1) is 16.5 Å². The van der Waals surface area contributed by atoms with Crippen LogP contribution in [0.15, 0.2) is 22.0 Å². The Morgan fingerprint density at radius 3 is 2.93 bits per heavy atom. The predicted octanol–water partition coefficient (Wildman–Crippen LogP) is 4.10. The summed E-state index contributed by atoms with van der Waals surface area (Å²) in [4.78, 5) is 11.5. The van der Waals surface area contributed by atoms with Gasteiger partial charge in [0.15, 0.2) is 0 Å². The van der Waals surface area contributed by atoms with Crippen LogP contribution in [0.25, 0.3) is 10.1 Å². The van der Waals surface area contributed by atoms with E-state index in [2.05, 4.69) is 15.9 Å². The third-order valence-corrected chi connectivity index (χ3v) is 4.07. The van der Waals surface area contributed by atoms with Gasteiger partial charge in [-0.05, 0) is 34.1 Å². The topological polar surface area (TPSA) is 26.3 Å². The molecule has 0 amide bonds. The molecule has 2 rings (SSSR count). The van der Waals surface area contributed by atoms with Crippen molar-refractivity contribution < 1.29 is 9.53 Å². The molecule has 15 heavy (non-hydrogen) atoms. The number of thiophene rings is 1. The fourth-order valence-electron chi connectivity index (χ4n) is 1.33. The summed E-state index contributed by atoms with van der Waals surface area (Å²) >= 11 is 10.7. The van der Waals surface area contributed by atoms with E-state index < -0.39 is 0 Å². The molecule has 1 heterocycles. The Morgan fingerprint density at radius 1 is 1.53 bits per heavy atom. The molecule has 0 aliphatic heterocycles. The van der Waals surface area contributed by atoms with E-state index in [4.69, 9.17) is 16.3 Å². The van der Waals surface area contributed by atoms with Gasteiger partial charge in [-0.15, -0.1) is 11.3 Å². The van der Waals surface area contributed by atoms with Crippen LogP contribution in [0.5, 0.6) is 0 Å². The molecule has 0 aliphatic rings. The highest BCUT2D eigenvalue weighted by atomic mass is 79.9. The number of esters is 1. The van der Waals surface area contributed by atoms with Crippen LogP contribution < -0.4 is 0 Å². The summed E-state index contributed by atoms with van der Waals surface area (Å²) in [6.45, 7) is 0. The number of rotatable bonds is 1. The number of carbonyl (C=O) groups is 1. The number of fused-ring (bicyclic) bond motifs is 1. The second-order valence-corrected chi connectivity index (χ2v) is 5.69. The van der Waals surface area contributed by atoms with E-state index in [1.54, 1.807) is 12.1 Å². The van der Waals surface area contributed by atoms with Gasteiger partial charge >= 0.3 is 5.97 Å². The summed E-state index contributed by atoms with van der Waals surface area (Å²) in [5.74, 6) is -0.351. The van der Waals surface area contributed by atoms with Crippen molar-refractivity contribution in [1.82, 2.24) is 0 Å². The van der Waals surface area contributed by atoms with Gasteiger partial charge in [0.1, 0.15) is 0 Å². The van der Waals surface area contributed by atoms with Gasteiger partial charge in [-0.3, -0.25) is 0 Å². The van der Waals surface area contributed by atoms with Gasteiger partial charge < -0.3 is 4.74 Å². The molecule has 0 saturated heterocycles. The molecule has 1 aromatic carbocycles. The zero-order valence-electron chi connectivity index (χ0n) is 7.71. The van der Waals surface area contributed by atoms with Gasteiger partial charge in [-0.2, -0.15) is 0 Å². The lowest BCUT2D eigenvalue weighted by Gasteiger charge is -1.98. The van der Waals surface area contributed by atoms with Gasteiger partial charge in [0.25, 0.3) is 0 Å². The quantitative estimate of drug-likeness (QED) is 0.741. The van der Waals surface area contributed by atoms with Crippen molar-refractivity contribution in [3.8, 4) is 0 Å². The standard InChI is InChI=1S/C10H6BrClO2S/c1-14-10(13)8-6-4-5(12)2-3-7(6)15-9(8)11/h2-4H,1H3. The summed E-state index contributed by atoms with van der Waals surface area (Å²) in [7, 11) is 1.36. The maximum Gasteiger partial charge on any atom is 0.340 e. The third-order valence-electron chi connectivity index (χ3n) is 2.00. The maximum absolute atomic E-state index is 11.5. The van der Waals surface area contributed by atoms with Crippen molar-refractivity contribution in [3.63, 3.8) is 0 Å². The number of hydrogen-bond donors (Lipinski definition) is 0. The van der Waals surface area contributed by atoms with E-state index >= 15 is 0 Å². The fraction of sp³-hybridized carbons (Fsp3) is 0.100. The van der Waals surface area contributed by atoms with Crippen LogP contribution in [0.1, 0.15) is 10.4 Å². The monoisotopic (exact) mass is 304 g/mol. The Balaban J connectivity index is 2.76. The Bertz CT molecular complexity index is 535. The lowest BCUT2D eigenvalue weighted by Crippen LogP contribution is -2.00. The SMILES string of the molecule is COC(=O)c1c(Br)sc2ccc(Cl)cc12. The second kappa shape index (κ2) is 4.12. The largest absolute Gasteiger partial charge is 0.465 e. The summed E-state index contributed by atoms with van der Waals surface area (Å²) < 4.78 is 6.49. The minimum atomic E-state index is -0.351. The molecular weight excluding hydrogens is 300 g/mol. The van der Waals surface area contributed by atoms with Crippen LogP contribution in [0.4, 0.5) is 0 Å². The average Bonchev–Trinajstić information content (AvgIpc) is 2.52. The zero-order chi connectivity index (χ0) is 11.0. The fourth-order valence-corrected chi connectivity index (χ4v) is 3.30. The van der Waals surface area contributed by atoms with Crippen molar-refractivity contribution in [2.45, 2.75) is 0 Å². The van der Waals surface area contributed by atoms with Crippen molar-refractivity contribution >= 4 is 54.9 Å². The van der Waals surface area contributed by atoms with E-state index in [0.29, 0.717) is 10.6 Å². The molecule has 0 radical (unpaired) electrons. The van der Waals surface area contributed by atoms with Gasteiger partial charge in [-0.25, -0.2) is 4.79 Å². The van der Waals surface area contributed by atoms with Crippen LogP contribution >= 0.6 is 38.9 Å². The van der Waals surface area contributed by atoms with Crippen LogP contribution in [-0.2, 0) is 4.74 Å². The van der Waals surface area contributed by atoms with E-state index in [-0.39, 0.29) is 5.97 Å². The Hall–Kier alpha value is -0.580. The summed E-state index contributed by atoms with van der Waals surface area (Å²) in [5.41, 5.74) is 0.542. The first-order valence-corrected chi connectivity index (χ1v) is 6.08. The maximum atomic E-state index is 11.5. The Morgan fingerprint density at radius 2 is 2.27 bits per heavy atom. The molecule has 0 atom stereocenters. The lowest BCUT2D eigenvalue weighted by molar-refractivity contribution is 0.0602. The number of benzene rings is 1. The van der Waals surface area contributed by atoms with E-state index in [1.807, 2.05) is 6.07 Å². The van der Waals surface area contributed by atoms with Crippen molar-refractivity contribution in [1.29, 1.82) is 0 Å². The lowest BCUT2D eigenvalue weighted by atomic mass is 10.2. The molecule has 0 unspecified atom stereocenters. The molecule has 0 N–H and O–H groups in total. The second-order valence-electron chi connectivity index (χ2n) is 2.88. The molecule has 5 heteroatoms. The van der Waals surface area contributed by atoms with Crippen molar-refractivity contribution in [3.05, 3.63) is 32.6 Å². The molecule has 1 aromatic heterocycles. The highest BCUT2D eigenvalue weighted by Crippen LogP contribution is 2.37. The molecule has 2 aromatic rings. The molecule has 0 bridgehead atoms. The number of carbonyl (C=O) groups excluding carboxylic acids is 1. The molecule has 2 nitrogen and oxygen atoms in total. The molecule has 0 fully saturated rings.